The van der Waals surface area contributed by atoms with Gasteiger partial charge in [-0.3, -0.25) is 0 Å². The van der Waals surface area contributed by atoms with E-state index in [1.165, 1.54) is 17.8 Å². The second kappa shape index (κ2) is 5.03. The minimum absolute atomic E-state index is 0.0162. The summed E-state index contributed by atoms with van der Waals surface area (Å²) in [5, 5.41) is 12.6. The first-order valence-electron chi connectivity index (χ1n) is 5.11. The van der Waals surface area contributed by atoms with E-state index in [-0.39, 0.29) is 22.6 Å². The number of hydrogen-bond acceptors (Lipinski definition) is 4. The van der Waals surface area contributed by atoms with Gasteiger partial charge in [-0.15, -0.1) is 11.8 Å². The van der Waals surface area contributed by atoms with E-state index in [2.05, 4.69) is 5.32 Å². The van der Waals surface area contributed by atoms with Crippen LogP contribution in [0.4, 0.5) is 4.39 Å². The molecule has 0 radical (unpaired) electrons. The zero-order chi connectivity index (χ0) is 11.5. The van der Waals surface area contributed by atoms with Gasteiger partial charge in [0.15, 0.2) is 0 Å². The summed E-state index contributed by atoms with van der Waals surface area (Å²) in [6.07, 6.45) is 1.47. The molecule has 1 unspecified atom stereocenters. The Morgan fingerprint density at radius 3 is 3.00 bits per heavy atom. The van der Waals surface area contributed by atoms with Crippen molar-refractivity contribution in [3.05, 3.63) is 23.5 Å². The Kier molecular flexibility index (Phi) is 3.68. The summed E-state index contributed by atoms with van der Waals surface area (Å²) in [5.41, 5.74) is 0.509. The van der Waals surface area contributed by atoms with Crippen LogP contribution < -0.4 is 5.32 Å². The fourth-order valence-electron chi connectivity index (χ4n) is 1.77. The maximum absolute atomic E-state index is 14.0. The van der Waals surface area contributed by atoms with Gasteiger partial charge in [0, 0.05) is 18.7 Å². The highest BCUT2D eigenvalue weighted by Gasteiger charge is 2.22. The molecule has 1 aromatic carbocycles. The molecule has 5 heteroatoms. The molecule has 1 saturated heterocycles. The van der Waals surface area contributed by atoms with Gasteiger partial charge in [0.25, 0.3) is 0 Å². The Morgan fingerprint density at radius 2 is 2.38 bits per heavy atom. The average molecular weight is 243 g/mol. The first-order valence-corrected chi connectivity index (χ1v) is 6.34. The number of morpholine rings is 1. The Bertz CT molecular complexity index is 380. The largest absolute Gasteiger partial charge is 0.507 e. The quantitative estimate of drug-likeness (QED) is 0.779. The van der Waals surface area contributed by atoms with Crippen molar-refractivity contribution < 1.29 is 14.2 Å². The number of benzene rings is 1. The average Bonchev–Trinajstić information content (AvgIpc) is 2.31. The van der Waals surface area contributed by atoms with Crippen molar-refractivity contribution in [3.8, 4) is 5.75 Å². The number of phenols is 1. The van der Waals surface area contributed by atoms with Crippen LogP contribution in [-0.2, 0) is 4.74 Å². The lowest BCUT2D eigenvalue weighted by Gasteiger charge is -2.24. The molecule has 2 rings (SSSR count). The lowest BCUT2D eigenvalue weighted by atomic mass is 10.1. The molecule has 88 valence electrons. The molecule has 2 N–H and O–H groups in total. The van der Waals surface area contributed by atoms with Crippen molar-refractivity contribution in [2.24, 2.45) is 0 Å². The number of ether oxygens (including phenoxy) is 1. The zero-order valence-electron chi connectivity index (χ0n) is 9.00. The summed E-state index contributed by atoms with van der Waals surface area (Å²) in [5.74, 6) is -0.390. The van der Waals surface area contributed by atoms with E-state index in [1.54, 1.807) is 12.3 Å². The number of thioether (sulfide) groups is 1. The van der Waals surface area contributed by atoms with Crippen molar-refractivity contribution in [3.63, 3.8) is 0 Å². The molecular weight excluding hydrogens is 229 g/mol. The van der Waals surface area contributed by atoms with Crippen LogP contribution in [0.15, 0.2) is 17.0 Å². The summed E-state index contributed by atoms with van der Waals surface area (Å²) >= 11 is 1.20. The van der Waals surface area contributed by atoms with Gasteiger partial charge < -0.3 is 15.2 Å². The van der Waals surface area contributed by atoms with Crippen LogP contribution in [0.1, 0.15) is 11.7 Å². The molecule has 0 spiro atoms. The van der Waals surface area contributed by atoms with Gasteiger partial charge in [0.1, 0.15) is 11.6 Å². The van der Waals surface area contributed by atoms with Gasteiger partial charge in [-0.1, -0.05) is 0 Å². The van der Waals surface area contributed by atoms with Crippen LogP contribution in [0.3, 0.4) is 0 Å². The van der Waals surface area contributed by atoms with Gasteiger partial charge >= 0.3 is 0 Å². The molecule has 0 saturated carbocycles. The van der Waals surface area contributed by atoms with E-state index >= 15 is 0 Å². The van der Waals surface area contributed by atoms with Crippen molar-refractivity contribution in [1.29, 1.82) is 0 Å². The smallest absolute Gasteiger partial charge is 0.146 e. The Labute approximate surface area is 98.0 Å². The normalized spacial score (nSPS) is 21.0. The van der Waals surface area contributed by atoms with Crippen LogP contribution in [-0.4, -0.2) is 31.1 Å². The van der Waals surface area contributed by atoms with Crippen molar-refractivity contribution in [1.82, 2.24) is 5.32 Å². The fourth-order valence-corrected chi connectivity index (χ4v) is 2.34. The number of aromatic hydroxyl groups is 1. The fraction of sp³-hybridized carbons (Fsp3) is 0.455. The molecule has 1 heterocycles. The Balaban J connectivity index is 2.33. The van der Waals surface area contributed by atoms with Crippen LogP contribution >= 0.6 is 11.8 Å². The van der Waals surface area contributed by atoms with Gasteiger partial charge in [0.2, 0.25) is 0 Å². The number of nitrogens with one attached hydrogen (secondary N) is 1. The van der Waals surface area contributed by atoms with E-state index < -0.39 is 0 Å². The SMILES string of the molecule is CSc1c(O)ccc(C2CNCCO2)c1F. The lowest BCUT2D eigenvalue weighted by molar-refractivity contribution is 0.0252. The first kappa shape index (κ1) is 11.7. The molecule has 1 aromatic rings. The monoisotopic (exact) mass is 243 g/mol. The van der Waals surface area contributed by atoms with Crippen molar-refractivity contribution >= 4 is 11.8 Å². The Hall–Kier alpha value is -0.780. The summed E-state index contributed by atoms with van der Waals surface area (Å²) in [4.78, 5) is 0.284. The number of rotatable bonds is 2. The predicted octanol–water partition coefficient (Wildman–Crippen LogP) is 1.91. The van der Waals surface area contributed by atoms with E-state index in [0.717, 1.165) is 6.54 Å². The number of phenolic OH excluding ortho intramolecular Hbond substituents is 1. The van der Waals surface area contributed by atoms with Gasteiger partial charge in [0.05, 0.1) is 17.6 Å². The van der Waals surface area contributed by atoms with Gasteiger partial charge in [-0.25, -0.2) is 4.39 Å². The van der Waals surface area contributed by atoms with Crippen LogP contribution in [0.5, 0.6) is 5.75 Å². The highest BCUT2D eigenvalue weighted by molar-refractivity contribution is 7.98. The molecule has 0 amide bonds. The van der Waals surface area contributed by atoms with Crippen LogP contribution in [0.2, 0.25) is 0 Å². The van der Waals surface area contributed by atoms with Crippen LogP contribution in [0.25, 0.3) is 0 Å². The summed E-state index contributed by atoms with van der Waals surface area (Å²) in [6, 6.07) is 3.10. The van der Waals surface area contributed by atoms with Crippen LogP contribution in [0, 0.1) is 5.82 Å². The van der Waals surface area contributed by atoms with E-state index in [1.807, 2.05) is 0 Å². The standard InChI is InChI=1S/C11H14FNO2S/c1-16-11-8(14)3-2-7(10(11)12)9-6-13-4-5-15-9/h2-3,9,13-14H,4-6H2,1H3. The minimum atomic E-state index is -0.374. The molecule has 0 bridgehead atoms. The van der Waals surface area contributed by atoms with E-state index in [9.17, 15) is 9.50 Å². The highest BCUT2D eigenvalue weighted by Crippen LogP contribution is 2.34. The van der Waals surface area contributed by atoms with Crippen molar-refractivity contribution in [2.75, 3.05) is 26.0 Å². The zero-order valence-corrected chi connectivity index (χ0v) is 9.81. The third kappa shape index (κ3) is 2.16. The predicted molar refractivity (Wildman–Crippen MR) is 61.4 cm³/mol. The molecule has 1 aliphatic rings. The topological polar surface area (TPSA) is 41.5 Å². The van der Waals surface area contributed by atoms with Gasteiger partial charge in [-0.2, -0.15) is 0 Å². The van der Waals surface area contributed by atoms with Gasteiger partial charge in [-0.05, 0) is 18.4 Å². The third-order valence-corrected chi connectivity index (χ3v) is 3.38. The highest BCUT2D eigenvalue weighted by atomic mass is 32.2. The maximum Gasteiger partial charge on any atom is 0.146 e. The minimum Gasteiger partial charge on any atom is -0.507 e. The lowest BCUT2D eigenvalue weighted by Crippen LogP contribution is -2.33. The molecule has 1 aliphatic heterocycles. The summed E-state index contributed by atoms with van der Waals surface area (Å²) in [6.45, 7) is 1.99. The van der Waals surface area contributed by atoms with Crippen molar-refractivity contribution in [2.45, 2.75) is 11.0 Å². The summed E-state index contributed by atoms with van der Waals surface area (Å²) < 4.78 is 19.5. The molecule has 1 fully saturated rings. The maximum atomic E-state index is 14.0. The first-order chi connectivity index (χ1) is 7.74. The van der Waals surface area contributed by atoms with E-state index in [0.29, 0.717) is 18.7 Å². The van der Waals surface area contributed by atoms with E-state index in [4.69, 9.17) is 4.74 Å². The molecular formula is C11H14FNO2S. The number of hydrogen-bond donors (Lipinski definition) is 2. The molecule has 0 aliphatic carbocycles. The third-order valence-electron chi connectivity index (χ3n) is 2.58. The molecule has 3 nitrogen and oxygen atoms in total. The number of halogens is 1. The molecule has 0 aromatic heterocycles. The Morgan fingerprint density at radius 1 is 1.56 bits per heavy atom. The summed E-state index contributed by atoms with van der Waals surface area (Å²) in [7, 11) is 0. The second-order valence-corrected chi connectivity index (χ2v) is 4.40. The molecule has 16 heavy (non-hydrogen) atoms. The second-order valence-electron chi connectivity index (χ2n) is 3.58. The molecule has 1 atom stereocenters.